The number of hydrogen-bond acceptors (Lipinski definition) is 3. The van der Waals surface area contributed by atoms with Crippen LogP contribution in [-0.4, -0.2) is 45.5 Å². The Kier molecular flexibility index (Phi) is 5.02. The van der Waals surface area contributed by atoms with Gasteiger partial charge in [0, 0.05) is 5.94 Å². The Morgan fingerprint density at radius 1 is 0.962 bits per heavy atom. The lowest BCUT2D eigenvalue weighted by Gasteiger charge is -2.64. The molecule has 0 radical (unpaired) electrons. The molecule has 2 bridgehead atoms. The molecule has 0 aromatic heterocycles. The standard InChI is InChI=1S/C20H42BNO2Si2/c1-14(2)18(22(25(6,7)8)26(9,10)11)21-23-17-13-15-12-16(19(15,3)4)20(17,5)24-21/h14-18H,12-13H2,1-11H3/t15-,16-,17+,18-,20-/m0/s1. The van der Waals surface area contributed by atoms with Gasteiger partial charge >= 0.3 is 7.12 Å². The highest BCUT2D eigenvalue weighted by atomic mass is 28.4. The summed E-state index contributed by atoms with van der Waals surface area (Å²) in [5.41, 5.74) is 0.314. The third-order valence-electron chi connectivity index (χ3n) is 7.67. The molecule has 26 heavy (non-hydrogen) atoms. The Labute approximate surface area is 164 Å². The Bertz CT molecular complexity index is 543. The minimum atomic E-state index is -1.49. The Morgan fingerprint density at radius 3 is 1.92 bits per heavy atom. The minimum absolute atomic E-state index is 0.0707. The zero-order valence-corrected chi connectivity index (χ0v) is 21.1. The molecule has 6 heteroatoms. The second-order valence-corrected chi connectivity index (χ2v) is 22.4. The van der Waals surface area contributed by atoms with Crippen molar-refractivity contribution in [3.8, 4) is 0 Å². The average Bonchev–Trinajstić information content (AvgIpc) is 2.77. The Hall–Kier alpha value is 0.379. The van der Waals surface area contributed by atoms with Gasteiger partial charge in [0.25, 0.3) is 0 Å². The lowest BCUT2D eigenvalue weighted by molar-refractivity contribution is -0.199. The fourth-order valence-electron chi connectivity index (χ4n) is 6.68. The maximum atomic E-state index is 6.91. The molecule has 3 nitrogen and oxygen atoms in total. The highest BCUT2D eigenvalue weighted by molar-refractivity contribution is 6.90. The largest absolute Gasteiger partial charge is 0.474 e. The molecule has 0 aromatic rings. The zero-order chi connectivity index (χ0) is 19.9. The van der Waals surface area contributed by atoms with Crippen molar-refractivity contribution in [2.75, 3.05) is 0 Å². The van der Waals surface area contributed by atoms with E-state index in [1.165, 1.54) is 12.8 Å². The average molecular weight is 396 g/mol. The van der Waals surface area contributed by atoms with Crippen molar-refractivity contribution in [1.82, 2.24) is 4.23 Å². The van der Waals surface area contributed by atoms with E-state index < -0.39 is 16.5 Å². The molecule has 4 rings (SSSR count). The Morgan fingerprint density at radius 2 is 1.50 bits per heavy atom. The summed E-state index contributed by atoms with van der Waals surface area (Å²) in [6.07, 6.45) is 2.80. The van der Waals surface area contributed by atoms with Crippen molar-refractivity contribution in [3.63, 3.8) is 0 Å². The topological polar surface area (TPSA) is 21.7 Å². The normalized spacial score (nSPS) is 37.7. The number of rotatable bonds is 5. The van der Waals surface area contributed by atoms with Crippen LogP contribution in [0, 0.1) is 23.2 Å². The second kappa shape index (κ2) is 6.19. The summed E-state index contributed by atoms with van der Waals surface area (Å²) in [6, 6.07) is 0. The molecule has 3 aliphatic carbocycles. The molecule has 150 valence electrons. The van der Waals surface area contributed by atoms with Crippen LogP contribution in [0.5, 0.6) is 0 Å². The highest BCUT2D eigenvalue weighted by Crippen LogP contribution is 2.66. The first-order chi connectivity index (χ1) is 11.6. The first-order valence-corrected chi connectivity index (χ1v) is 17.6. The molecule has 1 heterocycles. The van der Waals surface area contributed by atoms with Crippen LogP contribution in [0.25, 0.3) is 0 Å². The van der Waals surface area contributed by atoms with Crippen LogP contribution in [0.4, 0.5) is 0 Å². The summed E-state index contributed by atoms with van der Waals surface area (Å²) in [5.74, 6) is 2.36. The van der Waals surface area contributed by atoms with Gasteiger partial charge in [-0.2, -0.15) is 0 Å². The summed E-state index contributed by atoms with van der Waals surface area (Å²) >= 11 is 0. The van der Waals surface area contributed by atoms with Crippen LogP contribution in [0.1, 0.15) is 47.5 Å². The van der Waals surface area contributed by atoms with Gasteiger partial charge in [-0.1, -0.05) is 67.0 Å². The third kappa shape index (κ3) is 3.12. The van der Waals surface area contributed by atoms with Crippen molar-refractivity contribution in [1.29, 1.82) is 0 Å². The molecule has 4 aliphatic rings. The molecule has 0 N–H and O–H groups in total. The van der Waals surface area contributed by atoms with E-state index in [4.69, 9.17) is 9.31 Å². The maximum Gasteiger partial charge on any atom is 0.474 e. The van der Waals surface area contributed by atoms with E-state index in [0.717, 1.165) is 5.92 Å². The molecular weight excluding hydrogens is 353 g/mol. The van der Waals surface area contributed by atoms with Crippen molar-refractivity contribution in [2.45, 2.75) is 104 Å². The van der Waals surface area contributed by atoms with Crippen molar-refractivity contribution in [2.24, 2.45) is 23.2 Å². The molecule has 1 aliphatic heterocycles. The summed E-state index contributed by atoms with van der Waals surface area (Å²) in [7, 11) is -3.05. The van der Waals surface area contributed by atoms with Gasteiger partial charge < -0.3 is 13.5 Å². The fourth-order valence-corrected chi connectivity index (χ4v) is 17.4. The fraction of sp³-hybridized carbons (Fsp3) is 1.00. The van der Waals surface area contributed by atoms with Crippen molar-refractivity contribution >= 4 is 23.6 Å². The minimum Gasteiger partial charge on any atom is -0.404 e. The predicted octanol–water partition coefficient (Wildman–Crippen LogP) is 5.25. The first-order valence-electron chi connectivity index (χ1n) is 10.7. The van der Waals surface area contributed by atoms with Crippen LogP contribution < -0.4 is 0 Å². The predicted molar refractivity (Wildman–Crippen MR) is 117 cm³/mol. The van der Waals surface area contributed by atoms with Crippen LogP contribution in [0.15, 0.2) is 0 Å². The smallest absolute Gasteiger partial charge is 0.404 e. The second-order valence-electron chi connectivity index (χ2n) is 12.3. The molecular formula is C20H42BNO2Si2. The van der Waals surface area contributed by atoms with E-state index in [-0.39, 0.29) is 18.8 Å². The lowest BCUT2D eigenvalue weighted by Crippen LogP contribution is -2.69. The van der Waals surface area contributed by atoms with E-state index in [9.17, 15) is 0 Å². The number of nitrogens with zero attached hydrogens (tertiary/aromatic N) is 1. The SMILES string of the molecule is CC(C)[C@@H](B1O[C@@H]2C[C@@H]3C[C@@H](C3(C)C)[C@]2(C)O1)N([Si](C)(C)C)[Si](C)(C)C. The Balaban J connectivity index is 1.92. The van der Waals surface area contributed by atoms with Gasteiger partial charge in [0.05, 0.1) is 11.7 Å². The maximum absolute atomic E-state index is 6.91. The summed E-state index contributed by atoms with van der Waals surface area (Å²) in [6.45, 7) is 26.9. The van der Waals surface area contributed by atoms with Gasteiger partial charge in [-0.25, -0.2) is 0 Å². The molecule has 0 unspecified atom stereocenters. The quantitative estimate of drug-likeness (QED) is 0.594. The van der Waals surface area contributed by atoms with Crippen LogP contribution in [0.3, 0.4) is 0 Å². The summed E-state index contributed by atoms with van der Waals surface area (Å²) < 4.78 is 16.6. The monoisotopic (exact) mass is 395 g/mol. The van der Waals surface area contributed by atoms with Gasteiger partial charge in [-0.3, -0.25) is 0 Å². The van der Waals surface area contributed by atoms with Crippen molar-refractivity contribution in [3.05, 3.63) is 0 Å². The summed E-state index contributed by atoms with van der Waals surface area (Å²) in [5, 5.41) is 0. The number of hydrogen-bond donors (Lipinski definition) is 0. The summed E-state index contributed by atoms with van der Waals surface area (Å²) in [4.78, 5) is 0. The lowest BCUT2D eigenvalue weighted by atomic mass is 9.43. The van der Waals surface area contributed by atoms with Crippen LogP contribution in [0.2, 0.25) is 39.3 Å². The third-order valence-corrected chi connectivity index (χ3v) is 15.2. The highest BCUT2D eigenvalue weighted by Gasteiger charge is 2.69. The van der Waals surface area contributed by atoms with E-state index in [1.54, 1.807) is 0 Å². The van der Waals surface area contributed by atoms with E-state index >= 15 is 0 Å². The molecule has 0 aromatic carbocycles. The molecule has 4 fully saturated rings. The van der Waals surface area contributed by atoms with Gasteiger partial charge in [-0.05, 0) is 42.9 Å². The zero-order valence-electron chi connectivity index (χ0n) is 19.1. The first kappa shape index (κ1) is 21.1. The van der Waals surface area contributed by atoms with E-state index in [2.05, 4.69) is 78.1 Å². The van der Waals surface area contributed by atoms with E-state index in [0.29, 0.717) is 23.2 Å². The molecule has 5 atom stereocenters. The van der Waals surface area contributed by atoms with Gasteiger partial charge in [0.15, 0.2) is 0 Å². The van der Waals surface area contributed by atoms with Gasteiger partial charge in [-0.15, -0.1) is 0 Å². The van der Waals surface area contributed by atoms with Gasteiger partial charge in [0.2, 0.25) is 0 Å². The van der Waals surface area contributed by atoms with E-state index in [1.807, 2.05) is 0 Å². The van der Waals surface area contributed by atoms with Crippen LogP contribution >= 0.6 is 0 Å². The molecule has 0 amide bonds. The van der Waals surface area contributed by atoms with Gasteiger partial charge in [0.1, 0.15) is 16.5 Å². The molecule has 3 saturated carbocycles. The molecule has 0 spiro atoms. The molecule has 1 saturated heterocycles. The van der Waals surface area contributed by atoms with Crippen molar-refractivity contribution < 1.29 is 9.31 Å². The van der Waals surface area contributed by atoms with Crippen LogP contribution in [-0.2, 0) is 9.31 Å².